The van der Waals surface area contributed by atoms with Crippen molar-refractivity contribution in [2.75, 3.05) is 6.54 Å². The summed E-state index contributed by atoms with van der Waals surface area (Å²) in [4.78, 5) is 30.8. The highest BCUT2D eigenvalue weighted by atomic mass is 16.5. The number of hydrogen-bond acceptors (Lipinski definition) is 4. The molecule has 1 saturated heterocycles. The molecule has 5 aliphatic rings. The minimum Gasteiger partial charge on any atom is -0.457 e. The number of aromatic nitrogens is 2. The number of amides is 2. The topological polar surface area (TPSA) is 87.3 Å². The number of nitrogens with one attached hydrogen (secondary N) is 2. The molecule has 3 aromatic rings. The fourth-order valence-electron chi connectivity index (χ4n) is 8.88. The van der Waals surface area contributed by atoms with Crippen LogP contribution in [0.4, 0.5) is 0 Å². The van der Waals surface area contributed by atoms with Crippen LogP contribution in [0.25, 0.3) is 11.3 Å². The monoisotopic (exact) mass is 580 g/mol. The van der Waals surface area contributed by atoms with Gasteiger partial charge in [-0.05, 0) is 91.9 Å². The van der Waals surface area contributed by atoms with Crippen LogP contribution < -0.4 is 10.1 Å². The Kier molecular flexibility index (Phi) is 7.30. The molecular formula is C36H44N4O3. The number of para-hydroxylation sites is 2. The van der Waals surface area contributed by atoms with Crippen LogP contribution in [0.3, 0.4) is 0 Å². The summed E-state index contributed by atoms with van der Waals surface area (Å²) in [5.41, 5.74) is 2.08. The van der Waals surface area contributed by atoms with Crippen molar-refractivity contribution in [3.63, 3.8) is 0 Å². The third-order valence-corrected chi connectivity index (χ3v) is 11.5. The molecule has 8 rings (SSSR count). The Balaban J connectivity index is 1.25. The van der Waals surface area contributed by atoms with Gasteiger partial charge in [0.1, 0.15) is 22.9 Å². The lowest BCUT2D eigenvalue weighted by Gasteiger charge is -2.62. The van der Waals surface area contributed by atoms with E-state index in [1.165, 1.54) is 25.7 Å². The highest BCUT2D eigenvalue weighted by molar-refractivity contribution is 6.10. The van der Waals surface area contributed by atoms with E-state index >= 15 is 0 Å². The number of piperidine rings is 1. The maximum absolute atomic E-state index is 14.4. The Morgan fingerprint density at radius 1 is 0.977 bits per heavy atom. The van der Waals surface area contributed by atoms with Gasteiger partial charge in [-0.1, -0.05) is 63.9 Å². The predicted molar refractivity (Wildman–Crippen MR) is 167 cm³/mol. The molecule has 7 heteroatoms. The van der Waals surface area contributed by atoms with Crippen molar-refractivity contribution in [2.24, 2.45) is 29.1 Å². The van der Waals surface area contributed by atoms with Gasteiger partial charge in [-0.2, -0.15) is 5.10 Å². The van der Waals surface area contributed by atoms with E-state index in [-0.39, 0.29) is 23.9 Å². The molecule has 2 bridgehead atoms. The third kappa shape index (κ3) is 4.95. The Morgan fingerprint density at radius 3 is 2.51 bits per heavy atom. The number of ether oxygens (including phenoxy) is 1. The van der Waals surface area contributed by atoms with E-state index in [0.717, 1.165) is 32.2 Å². The van der Waals surface area contributed by atoms with E-state index in [0.29, 0.717) is 63.1 Å². The molecule has 1 aromatic heterocycles. The molecule has 2 heterocycles. The van der Waals surface area contributed by atoms with Gasteiger partial charge in [0.25, 0.3) is 11.8 Å². The third-order valence-electron chi connectivity index (χ3n) is 11.5. The zero-order valence-electron chi connectivity index (χ0n) is 25.6. The molecule has 226 valence electrons. The van der Waals surface area contributed by atoms with Crippen LogP contribution in [0.1, 0.15) is 93.0 Å². The summed E-state index contributed by atoms with van der Waals surface area (Å²) in [6.45, 7) is 7.73. The zero-order chi connectivity index (χ0) is 29.7. The van der Waals surface area contributed by atoms with E-state index in [4.69, 9.17) is 4.74 Å². The van der Waals surface area contributed by atoms with Crippen molar-refractivity contribution in [1.82, 2.24) is 20.4 Å². The fourth-order valence-corrected chi connectivity index (χ4v) is 8.88. The highest BCUT2D eigenvalue weighted by Crippen LogP contribution is 2.61. The van der Waals surface area contributed by atoms with Gasteiger partial charge in [0, 0.05) is 24.2 Å². The van der Waals surface area contributed by atoms with E-state index in [1.807, 2.05) is 59.5 Å². The van der Waals surface area contributed by atoms with E-state index in [9.17, 15) is 9.59 Å². The molecule has 7 nitrogen and oxygen atoms in total. The number of carbonyl (C=O) groups excluding carboxylic acids is 2. The molecule has 2 amide bonds. The SMILES string of the molecule is C[C@@H]1[C@H]2CC(C[C@H]1NC(=O)c1c(-c3ccccc3Oc3ccccc3)n[nH]c1C(=O)N1CCCC3CCCCC31)C2(C)C. The van der Waals surface area contributed by atoms with E-state index in [1.54, 1.807) is 0 Å². The molecule has 6 atom stereocenters. The average molecular weight is 581 g/mol. The van der Waals surface area contributed by atoms with Crippen molar-refractivity contribution < 1.29 is 14.3 Å². The standard InChI is InChI=1S/C36H44N4O3/c1-22-27-20-24(36(27,2)3)21-28(22)37-34(41)31-32(26-16-8-10-18-30(26)43-25-14-5-4-6-15-25)38-39-33(31)35(42)40-19-11-13-23-12-7-9-17-29(23)40/h4-6,8,10,14-16,18,22-24,27-29H,7,9,11-13,17,19-21H2,1-3H3,(H,37,41)(H,38,39)/t22-,23?,24?,27-,28-,29?/m1/s1. The van der Waals surface area contributed by atoms with Gasteiger partial charge >= 0.3 is 0 Å². The van der Waals surface area contributed by atoms with Crippen molar-refractivity contribution in [2.45, 2.75) is 84.2 Å². The summed E-state index contributed by atoms with van der Waals surface area (Å²) in [7, 11) is 0. The molecule has 43 heavy (non-hydrogen) atoms. The minimum atomic E-state index is -0.227. The predicted octanol–water partition coefficient (Wildman–Crippen LogP) is 7.46. The molecule has 4 saturated carbocycles. The summed E-state index contributed by atoms with van der Waals surface area (Å²) in [5.74, 6) is 3.08. The first-order valence-corrected chi connectivity index (χ1v) is 16.4. The molecule has 4 aliphatic carbocycles. The Hall–Kier alpha value is -3.61. The Bertz CT molecular complexity index is 1500. The summed E-state index contributed by atoms with van der Waals surface area (Å²) in [6, 6.07) is 17.5. The number of rotatable bonds is 6. The van der Waals surface area contributed by atoms with Crippen molar-refractivity contribution >= 4 is 11.8 Å². The summed E-state index contributed by atoms with van der Waals surface area (Å²) in [5, 5.41) is 11.1. The maximum Gasteiger partial charge on any atom is 0.272 e. The second-order valence-electron chi connectivity index (χ2n) is 14.0. The lowest BCUT2D eigenvalue weighted by molar-refractivity contribution is -0.113. The number of benzene rings is 2. The summed E-state index contributed by atoms with van der Waals surface area (Å²) in [6.07, 6.45) is 8.99. The minimum absolute atomic E-state index is 0.0727. The molecule has 0 spiro atoms. The number of fused-ring (bicyclic) bond motifs is 3. The van der Waals surface area contributed by atoms with Crippen LogP contribution >= 0.6 is 0 Å². The first-order valence-electron chi connectivity index (χ1n) is 16.4. The van der Waals surface area contributed by atoms with Gasteiger partial charge in [0.2, 0.25) is 0 Å². The molecule has 0 radical (unpaired) electrons. The van der Waals surface area contributed by atoms with Crippen LogP contribution in [-0.2, 0) is 0 Å². The van der Waals surface area contributed by atoms with Gasteiger partial charge in [-0.25, -0.2) is 0 Å². The smallest absolute Gasteiger partial charge is 0.272 e. The first-order chi connectivity index (χ1) is 20.8. The van der Waals surface area contributed by atoms with Gasteiger partial charge in [-0.3, -0.25) is 14.7 Å². The average Bonchev–Trinajstić information content (AvgIpc) is 3.47. The van der Waals surface area contributed by atoms with Crippen LogP contribution in [0, 0.1) is 29.1 Å². The normalized spacial score (nSPS) is 29.2. The number of likely N-dealkylation sites (tertiary alicyclic amines) is 1. The van der Waals surface area contributed by atoms with Crippen molar-refractivity contribution in [3.05, 3.63) is 65.9 Å². The van der Waals surface area contributed by atoms with Crippen molar-refractivity contribution in [1.29, 1.82) is 0 Å². The Morgan fingerprint density at radius 2 is 1.72 bits per heavy atom. The molecule has 5 fully saturated rings. The van der Waals surface area contributed by atoms with E-state index in [2.05, 4.69) is 36.3 Å². The first kappa shape index (κ1) is 28.2. The number of aromatic amines is 1. The van der Waals surface area contributed by atoms with E-state index < -0.39 is 0 Å². The van der Waals surface area contributed by atoms with Crippen LogP contribution in [0.2, 0.25) is 0 Å². The quantitative estimate of drug-likeness (QED) is 0.317. The Labute approximate surface area is 254 Å². The number of H-pyrrole nitrogens is 1. The van der Waals surface area contributed by atoms with Gasteiger partial charge < -0.3 is 15.0 Å². The fraction of sp³-hybridized carbons (Fsp3) is 0.528. The lowest BCUT2D eigenvalue weighted by Crippen LogP contribution is -2.60. The van der Waals surface area contributed by atoms with Crippen LogP contribution in [0.5, 0.6) is 11.5 Å². The largest absolute Gasteiger partial charge is 0.457 e. The van der Waals surface area contributed by atoms with Gasteiger partial charge in [-0.15, -0.1) is 0 Å². The number of nitrogens with zero attached hydrogens (tertiary/aromatic N) is 2. The second kappa shape index (κ2) is 11.1. The number of hydrogen-bond donors (Lipinski definition) is 2. The molecule has 1 aliphatic heterocycles. The maximum atomic E-state index is 14.4. The van der Waals surface area contributed by atoms with Crippen LogP contribution in [-0.4, -0.2) is 45.5 Å². The molecular weight excluding hydrogens is 536 g/mol. The lowest BCUT2D eigenvalue weighted by atomic mass is 9.45. The van der Waals surface area contributed by atoms with Crippen LogP contribution in [0.15, 0.2) is 54.6 Å². The number of carbonyl (C=O) groups is 2. The summed E-state index contributed by atoms with van der Waals surface area (Å²) < 4.78 is 6.28. The molecule has 2 N–H and O–H groups in total. The second-order valence-corrected chi connectivity index (χ2v) is 14.0. The van der Waals surface area contributed by atoms with Gasteiger partial charge in [0.15, 0.2) is 0 Å². The van der Waals surface area contributed by atoms with Crippen molar-refractivity contribution in [3.8, 4) is 22.8 Å². The molecule has 2 aromatic carbocycles. The zero-order valence-corrected chi connectivity index (χ0v) is 25.6. The highest BCUT2D eigenvalue weighted by Gasteiger charge is 2.56. The summed E-state index contributed by atoms with van der Waals surface area (Å²) >= 11 is 0. The van der Waals surface area contributed by atoms with Gasteiger partial charge in [0.05, 0.1) is 5.56 Å². The molecule has 3 unspecified atom stereocenters.